The maximum atomic E-state index is 11.5. The number of benzene rings is 1. The van der Waals surface area contributed by atoms with Crippen LogP contribution in [0, 0.1) is 13.8 Å². The molecule has 1 rings (SSSR count). The van der Waals surface area contributed by atoms with E-state index in [1.807, 2.05) is 26.0 Å². The normalized spacial score (nSPS) is 9.94. The van der Waals surface area contributed by atoms with Crippen molar-refractivity contribution in [2.24, 2.45) is 0 Å². The van der Waals surface area contributed by atoms with Gasteiger partial charge < -0.3 is 10.6 Å². The van der Waals surface area contributed by atoms with E-state index < -0.39 is 11.8 Å². The Morgan fingerprint density at radius 2 is 1.89 bits per heavy atom. The van der Waals surface area contributed by atoms with Gasteiger partial charge in [0.15, 0.2) is 0 Å². The molecule has 98 valence electrons. The van der Waals surface area contributed by atoms with Crippen LogP contribution in [0.15, 0.2) is 18.2 Å². The SMILES string of the molecule is Cc1ccc(NC(=O)C(=O)NCCCCl)cc1C. The lowest BCUT2D eigenvalue weighted by atomic mass is 10.1. The van der Waals surface area contributed by atoms with E-state index in [9.17, 15) is 9.59 Å². The molecule has 5 heteroatoms. The molecule has 0 unspecified atom stereocenters. The lowest BCUT2D eigenvalue weighted by Crippen LogP contribution is -2.36. The average Bonchev–Trinajstić information content (AvgIpc) is 2.34. The van der Waals surface area contributed by atoms with Gasteiger partial charge in [-0.05, 0) is 43.5 Å². The van der Waals surface area contributed by atoms with Crippen LogP contribution in [0.1, 0.15) is 17.5 Å². The van der Waals surface area contributed by atoms with Crippen LogP contribution in [0.25, 0.3) is 0 Å². The molecule has 2 N–H and O–H groups in total. The van der Waals surface area contributed by atoms with Crippen LogP contribution in [-0.2, 0) is 9.59 Å². The summed E-state index contributed by atoms with van der Waals surface area (Å²) < 4.78 is 0. The fourth-order valence-corrected chi connectivity index (χ4v) is 1.49. The van der Waals surface area contributed by atoms with Crippen molar-refractivity contribution in [3.8, 4) is 0 Å². The molecule has 2 amide bonds. The van der Waals surface area contributed by atoms with Gasteiger partial charge in [-0.25, -0.2) is 0 Å². The molecule has 0 bridgehead atoms. The van der Waals surface area contributed by atoms with E-state index in [4.69, 9.17) is 11.6 Å². The summed E-state index contributed by atoms with van der Waals surface area (Å²) >= 11 is 5.47. The Labute approximate surface area is 112 Å². The summed E-state index contributed by atoms with van der Waals surface area (Å²) in [4.78, 5) is 23.0. The average molecular weight is 269 g/mol. The van der Waals surface area contributed by atoms with Crippen molar-refractivity contribution in [2.75, 3.05) is 17.7 Å². The quantitative estimate of drug-likeness (QED) is 0.498. The number of anilines is 1. The number of carbonyl (C=O) groups is 2. The van der Waals surface area contributed by atoms with E-state index in [-0.39, 0.29) is 0 Å². The van der Waals surface area contributed by atoms with Gasteiger partial charge in [0, 0.05) is 18.1 Å². The van der Waals surface area contributed by atoms with Gasteiger partial charge in [0.05, 0.1) is 0 Å². The van der Waals surface area contributed by atoms with Crippen LogP contribution >= 0.6 is 11.6 Å². The Morgan fingerprint density at radius 3 is 2.50 bits per heavy atom. The standard InChI is InChI=1S/C13H17ClN2O2/c1-9-4-5-11(8-10(9)2)16-13(18)12(17)15-7-3-6-14/h4-5,8H,3,6-7H2,1-2H3,(H,15,17)(H,16,18). The maximum absolute atomic E-state index is 11.5. The van der Waals surface area contributed by atoms with E-state index in [1.165, 1.54) is 0 Å². The molecule has 0 aliphatic carbocycles. The molecule has 0 atom stereocenters. The van der Waals surface area contributed by atoms with E-state index in [0.717, 1.165) is 11.1 Å². The number of halogens is 1. The molecule has 0 saturated carbocycles. The highest BCUT2D eigenvalue weighted by Gasteiger charge is 2.12. The zero-order chi connectivity index (χ0) is 13.5. The fraction of sp³-hybridized carbons (Fsp3) is 0.385. The van der Waals surface area contributed by atoms with Crippen molar-refractivity contribution >= 4 is 29.1 Å². The minimum atomic E-state index is -0.659. The first-order valence-corrected chi connectivity index (χ1v) is 6.30. The summed E-state index contributed by atoms with van der Waals surface area (Å²) in [5.41, 5.74) is 2.82. The van der Waals surface area contributed by atoms with Gasteiger partial charge in [-0.3, -0.25) is 9.59 Å². The predicted molar refractivity (Wildman–Crippen MR) is 72.9 cm³/mol. The Balaban J connectivity index is 2.53. The number of aryl methyl sites for hydroxylation is 2. The minimum Gasteiger partial charge on any atom is -0.348 e. The Kier molecular flexibility index (Phi) is 5.65. The van der Waals surface area contributed by atoms with Gasteiger partial charge in [-0.2, -0.15) is 0 Å². The Hall–Kier alpha value is -1.55. The Morgan fingerprint density at radius 1 is 1.17 bits per heavy atom. The van der Waals surface area contributed by atoms with Gasteiger partial charge in [0.1, 0.15) is 0 Å². The Bertz CT molecular complexity index is 447. The molecule has 0 aromatic heterocycles. The van der Waals surface area contributed by atoms with Crippen LogP contribution in [0.2, 0.25) is 0 Å². The topological polar surface area (TPSA) is 58.2 Å². The lowest BCUT2D eigenvalue weighted by molar-refractivity contribution is -0.136. The van der Waals surface area contributed by atoms with Crippen molar-refractivity contribution in [1.29, 1.82) is 0 Å². The highest BCUT2D eigenvalue weighted by Crippen LogP contribution is 2.13. The summed E-state index contributed by atoms with van der Waals surface area (Å²) in [7, 11) is 0. The molecule has 0 aliphatic rings. The number of amides is 2. The molecule has 0 radical (unpaired) electrons. The summed E-state index contributed by atoms with van der Waals surface area (Å²) in [6.45, 7) is 4.34. The largest absolute Gasteiger partial charge is 0.348 e. The third-order valence-corrected chi connectivity index (χ3v) is 2.83. The number of carbonyl (C=O) groups excluding carboxylic acids is 2. The second-order valence-corrected chi connectivity index (χ2v) is 4.43. The van der Waals surface area contributed by atoms with Crippen molar-refractivity contribution in [1.82, 2.24) is 5.32 Å². The number of rotatable bonds is 4. The molecule has 0 heterocycles. The summed E-state index contributed by atoms with van der Waals surface area (Å²) in [5, 5.41) is 5.05. The molecule has 18 heavy (non-hydrogen) atoms. The van der Waals surface area contributed by atoms with E-state index in [1.54, 1.807) is 6.07 Å². The number of nitrogens with one attached hydrogen (secondary N) is 2. The van der Waals surface area contributed by atoms with Crippen molar-refractivity contribution in [3.63, 3.8) is 0 Å². The molecular weight excluding hydrogens is 252 g/mol. The third kappa shape index (κ3) is 4.37. The van der Waals surface area contributed by atoms with E-state index >= 15 is 0 Å². The summed E-state index contributed by atoms with van der Waals surface area (Å²) in [6.07, 6.45) is 0.643. The monoisotopic (exact) mass is 268 g/mol. The van der Waals surface area contributed by atoms with Gasteiger partial charge in [0.25, 0.3) is 0 Å². The molecule has 1 aromatic carbocycles. The van der Waals surface area contributed by atoms with Crippen LogP contribution in [0.3, 0.4) is 0 Å². The minimum absolute atomic E-state index is 0.405. The smallest absolute Gasteiger partial charge is 0.313 e. The number of hydrogen-bond acceptors (Lipinski definition) is 2. The van der Waals surface area contributed by atoms with Crippen molar-refractivity contribution in [2.45, 2.75) is 20.3 Å². The number of hydrogen-bond donors (Lipinski definition) is 2. The highest BCUT2D eigenvalue weighted by atomic mass is 35.5. The van der Waals surface area contributed by atoms with Crippen molar-refractivity contribution < 1.29 is 9.59 Å². The molecule has 0 fully saturated rings. The maximum Gasteiger partial charge on any atom is 0.313 e. The summed E-state index contributed by atoms with van der Waals surface area (Å²) in [6, 6.07) is 5.50. The predicted octanol–water partition coefficient (Wildman–Crippen LogP) is 1.99. The second-order valence-electron chi connectivity index (χ2n) is 4.05. The first kappa shape index (κ1) is 14.5. The number of alkyl halides is 1. The van der Waals surface area contributed by atoms with Crippen LogP contribution in [-0.4, -0.2) is 24.2 Å². The van der Waals surface area contributed by atoms with Crippen LogP contribution in [0.5, 0.6) is 0 Å². The van der Waals surface area contributed by atoms with Gasteiger partial charge >= 0.3 is 11.8 Å². The van der Waals surface area contributed by atoms with Crippen LogP contribution < -0.4 is 10.6 Å². The molecular formula is C13H17ClN2O2. The zero-order valence-corrected chi connectivity index (χ0v) is 11.3. The van der Waals surface area contributed by atoms with E-state index in [2.05, 4.69) is 10.6 Å². The molecule has 1 aromatic rings. The van der Waals surface area contributed by atoms with Gasteiger partial charge in [-0.1, -0.05) is 6.07 Å². The zero-order valence-electron chi connectivity index (χ0n) is 10.5. The second kappa shape index (κ2) is 7.01. The first-order chi connectivity index (χ1) is 8.54. The third-order valence-electron chi connectivity index (χ3n) is 2.57. The summed E-state index contributed by atoms with van der Waals surface area (Å²) in [5.74, 6) is -0.842. The highest BCUT2D eigenvalue weighted by molar-refractivity contribution is 6.39. The van der Waals surface area contributed by atoms with Gasteiger partial charge in [-0.15, -0.1) is 11.6 Å². The van der Waals surface area contributed by atoms with Crippen molar-refractivity contribution in [3.05, 3.63) is 29.3 Å². The lowest BCUT2D eigenvalue weighted by Gasteiger charge is -2.07. The molecule has 0 saturated heterocycles. The molecule has 0 spiro atoms. The van der Waals surface area contributed by atoms with E-state index in [0.29, 0.717) is 24.5 Å². The van der Waals surface area contributed by atoms with Gasteiger partial charge in [0.2, 0.25) is 0 Å². The van der Waals surface area contributed by atoms with Crippen LogP contribution in [0.4, 0.5) is 5.69 Å². The fourth-order valence-electron chi connectivity index (χ4n) is 1.36. The first-order valence-electron chi connectivity index (χ1n) is 5.77. The molecule has 4 nitrogen and oxygen atoms in total. The molecule has 0 aliphatic heterocycles.